The Morgan fingerprint density at radius 2 is 1.56 bits per heavy atom. The molecule has 27 heavy (non-hydrogen) atoms. The summed E-state index contributed by atoms with van der Waals surface area (Å²) in [5.41, 5.74) is 4.01. The second kappa shape index (κ2) is 7.83. The fourth-order valence-electron chi connectivity index (χ4n) is 2.40. The van der Waals surface area contributed by atoms with Gasteiger partial charge in [0.2, 0.25) is 0 Å². The van der Waals surface area contributed by atoms with Crippen molar-refractivity contribution in [1.29, 1.82) is 0 Å². The topological polar surface area (TPSA) is 124 Å². The quantitative estimate of drug-likeness (QED) is 0.404. The Hall–Kier alpha value is -4.14. The molecule has 1 heterocycles. The smallest absolute Gasteiger partial charge is 0.271 e. The van der Waals surface area contributed by atoms with Gasteiger partial charge in [0, 0.05) is 29.6 Å². The molecule has 1 N–H and O–H groups in total. The van der Waals surface area contributed by atoms with Crippen LogP contribution in [0.25, 0.3) is 0 Å². The van der Waals surface area contributed by atoms with E-state index >= 15 is 0 Å². The maximum Gasteiger partial charge on any atom is 0.301 e. The molecule has 0 radical (unpaired) electrons. The van der Waals surface area contributed by atoms with Gasteiger partial charge in [-0.05, 0) is 18.2 Å². The molecule has 9 nitrogen and oxygen atoms in total. The summed E-state index contributed by atoms with van der Waals surface area (Å²) in [7, 11) is 0. The number of anilines is 1. The van der Waals surface area contributed by atoms with E-state index in [4.69, 9.17) is 0 Å². The molecule has 0 atom stereocenters. The lowest BCUT2D eigenvalue weighted by Crippen LogP contribution is -2.07. The number of rotatable bonds is 6. The third-order valence-electron chi connectivity index (χ3n) is 3.68. The third kappa shape index (κ3) is 4.10. The molecule has 0 spiro atoms. The van der Waals surface area contributed by atoms with Gasteiger partial charge in [-0.3, -0.25) is 30.6 Å². The SMILES string of the molecule is O=[N+]([O-])c1ccc(N/N=C(/c2ccccc2)c2ccncc2)c([N+](=O)[O-])c1. The first kappa shape index (κ1) is 17.7. The Morgan fingerprint density at radius 3 is 2.19 bits per heavy atom. The van der Waals surface area contributed by atoms with Crippen molar-refractivity contribution in [3.8, 4) is 0 Å². The molecule has 0 saturated heterocycles. The van der Waals surface area contributed by atoms with Crippen LogP contribution in [0.4, 0.5) is 17.1 Å². The summed E-state index contributed by atoms with van der Waals surface area (Å²) >= 11 is 0. The van der Waals surface area contributed by atoms with Crippen molar-refractivity contribution in [2.24, 2.45) is 5.10 Å². The Morgan fingerprint density at radius 1 is 0.889 bits per heavy atom. The number of hydrogen-bond acceptors (Lipinski definition) is 7. The third-order valence-corrected chi connectivity index (χ3v) is 3.68. The van der Waals surface area contributed by atoms with Crippen molar-refractivity contribution < 1.29 is 9.85 Å². The van der Waals surface area contributed by atoms with E-state index in [2.05, 4.69) is 15.5 Å². The van der Waals surface area contributed by atoms with E-state index in [9.17, 15) is 20.2 Å². The molecule has 0 unspecified atom stereocenters. The zero-order chi connectivity index (χ0) is 19.2. The molecular formula is C18H13N5O4. The first-order chi connectivity index (χ1) is 13.1. The summed E-state index contributed by atoms with van der Waals surface area (Å²) in [6.45, 7) is 0. The van der Waals surface area contributed by atoms with Crippen molar-refractivity contribution >= 4 is 22.8 Å². The zero-order valence-corrected chi connectivity index (χ0v) is 13.9. The van der Waals surface area contributed by atoms with Crippen molar-refractivity contribution in [3.05, 3.63) is 104 Å². The van der Waals surface area contributed by atoms with Crippen LogP contribution in [0.5, 0.6) is 0 Å². The summed E-state index contributed by atoms with van der Waals surface area (Å²) in [5, 5.41) is 26.4. The molecule has 0 saturated carbocycles. The lowest BCUT2D eigenvalue weighted by Gasteiger charge is -2.08. The highest BCUT2D eigenvalue weighted by Gasteiger charge is 2.19. The molecule has 1 aromatic heterocycles. The van der Waals surface area contributed by atoms with Gasteiger partial charge >= 0.3 is 5.69 Å². The van der Waals surface area contributed by atoms with Crippen LogP contribution in [0.2, 0.25) is 0 Å². The summed E-state index contributed by atoms with van der Waals surface area (Å²) in [4.78, 5) is 24.7. The number of pyridine rings is 1. The number of nitro benzene ring substituents is 2. The van der Waals surface area contributed by atoms with Crippen molar-refractivity contribution in [3.63, 3.8) is 0 Å². The zero-order valence-electron chi connectivity index (χ0n) is 13.9. The predicted molar refractivity (Wildman–Crippen MR) is 99.7 cm³/mol. The van der Waals surface area contributed by atoms with Crippen LogP contribution in [0.1, 0.15) is 11.1 Å². The molecule has 0 aliphatic carbocycles. The minimum atomic E-state index is -0.695. The molecule has 9 heteroatoms. The summed E-state index contributed by atoms with van der Waals surface area (Å²) < 4.78 is 0. The van der Waals surface area contributed by atoms with E-state index in [1.165, 1.54) is 12.1 Å². The average Bonchev–Trinajstić information content (AvgIpc) is 2.69. The lowest BCUT2D eigenvalue weighted by atomic mass is 10.0. The van der Waals surface area contributed by atoms with Gasteiger partial charge in [-0.25, -0.2) is 0 Å². The summed E-state index contributed by atoms with van der Waals surface area (Å²) in [6, 6.07) is 16.1. The molecule has 0 aliphatic heterocycles. The number of hydrogen-bond donors (Lipinski definition) is 1. The van der Waals surface area contributed by atoms with E-state index in [-0.39, 0.29) is 11.4 Å². The van der Waals surface area contributed by atoms with Gasteiger partial charge in [0.05, 0.1) is 21.6 Å². The Bertz CT molecular complexity index is 965. The van der Waals surface area contributed by atoms with E-state index in [0.717, 1.165) is 17.2 Å². The van der Waals surface area contributed by atoms with E-state index in [1.807, 2.05) is 30.3 Å². The van der Waals surface area contributed by atoms with Gasteiger partial charge in [0.15, 0.2) is 0 Å². The van der Waals surface area contributed by atoms with Crippen molar-refractivity contribution in [2.75, 3.05) is 5.43 Å². The first-order valence-corrected chi connectivity index (χ1v) is 7.78. The Balaban J connectivity index is 2.03. The lowest BCUT2D eigenvalue weighted by molar-refractivity contribution is -0.393. The van der Waals surface area contributed by atoms with Crippen LogP contribution in [0.15, 0.2) is 78.2 Å². The molecule has 134 valence electrons. The average molecular weight is 363 g/mol. The number of aromatic nitrogens is 1. The maximum absolute atomic E-state index is 11.3. The van der Waals surface area contributed by atoms with Gasteiger partial charge in [0.1, 0.15) is 5.69 Å². The fraction of sp³-hybridized carbons (Fsp3) is 0. The normalized spacial score (nSPS) is 11.0. The van der Waals surface area contributed by atoms with Crippen molar-refractivity contribution in [1.82, 2.24) is 4.98 Å². The van der Waals surface area contributed by atoms with Crippen LogP contribution < -0.4 is 5.43 Å². The molecule has 2 aromatic carbocycles. The molecule has 0 bridgehead atoms. The molecule has 0 fully saturated rings. The number of hydrazone groups is 1. The van der Waals surface area contributed by atoms with Gasteiger partial charge < -0.3 is 0 Å². The predicted octanol–water partition coefficient (Wildman–Crippen LogP) is 3.76. The molecule has 0 amide bonds. The minimum absolute atomic E-state index is 0.0492. The number of nitro groups is 2. The van der Waals surface area contributed by atoms with Crippen LogP contribution >= 0.6 is 0 Å². The second-order valence-electron chi connectivity index (χ2n) is 5.39. The highest BCUT2D eigenvalue weighted by molar-refractivity contribution is 6.13. The van der Waals surface area contributed by atoms with Crippen LogP contribution in [-0.2, 0) is 0 Å². The molecular weight excluding hydrogens is 350 g/mol. The van der Waals surface area contributed by atoms with E-state index < -0.39 is 15.5 Å². The fourth-order valence-corrected chi connectivity index (χ4v) is 2.40. The highest BCUT2D eigenvalue weighted by atomic mass is 16.6. The largest absolute Gasteiger partial charge is 0.301 e. The van der Waals surface area contributed by atoms with Gasteiger partial charge in [0.25, 0.3) is 5.69 Å². The Labute approximate surface area is 153 Å². The highest BCUT2D eigenvalue weighted by Crippen LogP contribution is 2.29. The minimum Gasteiger partial charge on any atom is -0.271 e. The second-order valence-corrected chi connectivity index (χ2v) is 5.39. The van der Waals surface area contributed by atoms with E-state index in [1.54, 1.807) is 24.5 Å². The van der Waals surface area contributed by atoms with Gasteiger partial charge in [-0.2, -0.15) is 5.10 Å². The molecule has 3 aromatic rings. The number of nitrogens with one attached hydrogen (secondary N) is 1. The first-order valence-electron chi connectivity index (χ1n) is 7.78. The van der Waals surface area contributed by atoms with Crippen LogP contribution in [0, 0.1) is 20.2 Å². The number of nitrogens with zero attached hydrogens (tertiary/aromatic N) is 4. The number of non-ortho nitro benzene ring substituents is 1. The maximum atomic E-state index is 11.3. The Kier molecular flexibility index (Phi) is 5.12. The molecule has 3 rings (SSSR count). The van der Waals surface area contributed by atoms with Crippen LogP contribution in [0.3, 0.4) is 0 Å². The monoisotopic (exact) mass is 363 g/mol. The van der Waals surface area contributed by atoms with Crippen molar-refractivity contribution in [2.45, 2.75) is 0 Å². The summed E-state index contributed by atoms with van der Waals surface area (Å²) in [6.07, 6.45) is 3.23. The number of benzene rings is 2. The molecule has 0 aliphatic rings. The summed E-state index contributed by atoms with van der Waals surface area (Å²) in [5.74, 6) is 0. The standard InChI is InChI=1S/C18H13N5O4/c24-22(25)15-6-7-16(17(12-15)23(26)27)20-21-18(13-4-2-1-3-5-13)14-8-10-19-11-9-14/h1-12,20H/b21-18-. The van der Waals surface area contributed by atoms with Crippen LogP contribution in [-0.4, -0.2) is 20.5 Å². The van der Waals surface area contributed by atoms with Gasteiger partial charge in [-0.1, -0.05) is 30.3 Å². The van der Waals surface area contributed by atoms with E-state index in [0.29, 0.717) is 5.71 Å². The van der Waals surface area contributed by atoms with Gasteiger partial charge in [-0.15, -0.1) is 0 Å².